The van der Waals surface area contributed by atoms with E-state index in [9.17, 15) is 4.79 Å². The molecule has 3 rings (SSSR count). The van der Waals surface area contributed by atoms with E-state index in [0.29, 0.717) is 18.0 Å². The summed E-state index contributed by atoms with van der Waals surface area (Å²) in [5.41, 5.74) is 3.79. The first kappa shape index (κ1) is 17.4. The van der Waals surface area contributed by atoms with Gasteiger partial charge in [0.25, 0.3) is 0 Å². The Kier molecular flexibility index (Phi) is 5.34. The zero-order valence-electron chi connectivity index (χ0n) is 15.1. The Balaban J connectivity index is 1.90. The molecule has 3 aromatic rings. The van der Waals surface area contributed by atoms with Gasteiger partial charge in [-0.15, -0.1) is 0 Å². The molecule has 0 spiro atoms. The van der Waals surface area contributed by atoms with Crippen LogP contribution in [-0.2, 0) is 13.0 Å². The molecule has 0 bridgehead atoms. The van der Waals surface area contributed by atoms with Gasteiger partial charge in [0, 0.05) is 24.0 Å². The number of nitrogens with one attached hydrogen (secondary N) is 1. The number of fused-ring (bicyclic) bond motifs is 1. The van der Waals surface area contributed by atoms with Gasteiger partial charge in [0.15, 0.2) is 0 Å². The van der Waals surface area contributed by atoms with Crippen LogP contribution in [0, 0.1) is 5.92 Å². The zero-order valence-corrected chi connectivity index (χ0v) is 15.1. The van der Waals surface area contributed by atoms with Crippen molar-refractivity contribution in [2.45, 2.75) is 39.8 Å². The molecule has 3 nitrogen and oxygen atoms in total. The Morgan fingerprint density at radius 1 is 1.04 bits per heavy atom. The van der Waals surface area contributed by atoms with Crippen molar-refractivity contribution < 1.29 is 4.42 Å². The minimum Gasteiger partial charge on any atom is -0.423 e. The van der Waals surface area contributed by atoms with Crippen LogP contribution in [0.25, 0.3) is 11.0 Å². The first-order valence-electron chi connectivity index (χ1n) is 8.92. The molecule has 1 heterocycles. The third kappa shape index (κ3) is 3.99. The van der Waals surface area contributed by atoms with E-state index in [4.69, 9.17) is 4.42 Å². The summed E-state index contributed by atoms with van der Waals surface area (Å²) < 4.78 is 5.40. The number of rotatable bonds is 6. The minimum atomic E-state index is -0.293. The molecule has 0 radical (unpaired) electrons. The summed E-state index contributed by atoms with van der Waals surface area (Å²) in [4.78, 5) is 12.0. The van der Waals surface area contributed by atoms with E-state index in [1.54, 1.807) is 6.07 Å². The van der Waals surface area contributed by atoms with Gasteiger partial charge < -0.3 is 9.73 Å². The SMILES string of the molecule is CCc1ccc2c(CN[C@H](c3ccccc3)C(C)C)cc(=O)oc2c1. The van der Waals surface area contributed by atoms with Crippen molar-refractivity contribution in [1.82, 2.24) is 5.32 Å². The Bertz CT molecular complexity index is 897. The maximum Gasteiger partial charge on any atom is 0.336 e. The fourth-order valence-electron chi connectivity index (χ4n) is 3.26. The van der Waals surface area contributed by atoms with E-state index < -0.39 is 0 Å². The fourth-order valence-corrected chi connectivity index (χ4v) is 3.26. The van der Waals surface area contributed by atoms with Crippen LogP contribution in [0.5, 0.6) is 0 Å². The Hall–Kier alpha value is -2.39. The van der Waals surface area contributed by atoms with Gasteiger partial charge >= 0.3 is 5.63 Å². The predicted octanol–water partition coefficient (Wildman–Crippen LogP) is 4.84. The normalized spacial score (nSPS) is 12.6. The van der Waals surface area contributed by atoms with Crippen LogP contribution in [0.1, 0.15) is 43.5 Å². The standard InChI is InChI=1S/C22H25NO2/c1-4-16-10-11-19-18(13-21(24)25-20(19)12-16)14-23-22(15(2)3)17-8-6-5-7-9-17/h5-13,15,22-23H,4,14H2,1-3H3/t22-/m0/s1. The fraction of sp³-hybridized carbons (Fsp3) is 0.318. The van der Waals surface area contributed by atoms with Crippen LogP contribution >= 0.6 is 0 Å². The summed E-state index contributed by atoms with van der Waals surface area (Å²) in [6, 6.07) is 18.4. The van der Waals surface area contributed by atoms with E-state index in [2.05, 4.69) is 62.5 Å². The lowest BCUT2D eigenvalue weighted by atomic mass is 9.95. The summed E-state index contributed by atoms with van der Waals surface area (Å²) >= 11 is 0. The summed E-state index contributed by atoms with van der Waals surface area (Å²) in [5, 5.41) is 4.62. The van der Waals surface area contributed by atoms with E-state index >= 15 is 0 Å². The molecule has 0 aliphatic heterocycles. The van der Waals surface area contributed by atoms with Crippen LogP contribution in [-0.4, -0.2) is 0 Å². The van der Waals surface area contributed by atoms with Crippen LogP contribution in [0.15, 0.2) is 63.8 Å². The molecule has 0 aliphatic rings. The zero-order chi connectivity index (χ0) is 17.8. The molecule has 1 N–H and O–H groups in total. The number of hydrogen-bond acceptors (Lipinski definition) is 3. The largest absolute Gasteiger partial charge is 0.423 e. The lowest BCUT2D eigenvalue weighted by Gasteiger charge is -2.23. The lowest BCUT2D eigenvalue weighted by Crippen LogP contribution is -2.25. The Morgan fingerprint density at radius 2 is 1.80 bits per heavy atom. The molecule has 1 atom stereocenters. The predicted molar refractivity (Wildman–Crippen MR) is 103 cm³/mol. The van der Waals surface area contributed by atoms with Gasteiger partial charge in [-0.25, -0.2) is 4.79 Å². The molecule has 1 aromatic heterocycles. The molecule has 0 unspecified atom stereocenters. The maximum atomic E-state index is 12.0. The molecule has 0 fully saturated rings. The summed E-state index contributed by atoms with van der Waals surface area (Å²) in [6.45, 7) is 7.13. The van der Waals surface area contributed by atoms with Gasteiger partial charge in [-0.1, -0.05) is 63.2 Å². The molecule has 0 aliphatic carbocycles. The van der Waals surface area contributed by atoms with Crippen molar-refractivity contribution in [3.63, 3.8) is 0 Å². The lowest BCUT2D eigenvalue weighted by molar-refractivity contribution is 0.410. The molecule has 2 aromatic carbocycles. The maximum absolute atomic E-state index is 12.0. The van der Waals surface area contributed by atoms with E-state index in [1.165, 1.54) is 11.1 Å². The molecule has 130 valence electrons. The topological polar surface area (TPSA) is 42.2 Å². The van der Waals surface area contributed by atoms with Crippen molar-refractivity contribution >= 4 is 11.0 Å². The van der Waals surface area contributed by atoms with Crippen LogP contribution in [0.2, 0.25) is 0 Å². The van der Waals surface area contributed by atoms with Gasteiger partial charge in [0.2, 0.25) is 0 Å². The smallest absolute Gasteiger partial charge is 0.336 e. The van der Waals surface area contributed by atoms with E-state index in [1.807, 2.05) is 12.1 Å². The minimum absolute atomic E-state index is 0.235. The molecular weight excluding hydrogens is 310 g/mol. The molecule has 3 heteroatoms. The van der Waals surface area contributed by atoms with Gasteiger partial charge in [-0.2, -0.15) is 0 Å². The highest BCUT2D eigenvalue weighted by atomic mass is 16.4. The van der Waals surface area contributed by atoms with E-state index in [0.717, 1.165) is 17.4 Å². The molecular formula is C22H25NO2. The van der Waals surface area contributed by atoms with Crippen LogP contribution < -0.4 is 10.9 Å². The van der Waals surface area contributed by atoms with Gasteiger partial charge in [-0.05, 0) is 35.1 Å². The molecule has 0 amide bonds. The van der Waals surface area contributed by atoms with Gasteiger partial charge in [-0.3, -0.25) is 0 Å². The van der Waals surface area contributed by atoms with E-state index in [-0.39, 0.29) is 11.7 Å². The van der Waals surface area contributed by atoms with Crippen molar-refractivity contribution in [3.8, 4) is 0 Å². The average Bonchev–Trinajstić information content (AvgIpc) is 2.61. The monoisotopic (exact) mass is 335 g/mol. The molecule has 25 heavy (non-hydrogen) atoms. The second kappa shape index (κ2) is 7.66. The average molecular weight is 335 g/mol. The summed E-state index contributed by atoms with van der Waals surface area (Å²) in [7, 11) is 0. The van der Waals surface area contributed by atoms with Crippen molar-refractivity contribution in [3.05, 3.63) is 81.7 Å². The molecule has 0 saturated carbocycles. The number of benzene rings is 2. The first-order valence-corrected chi connectivity index (χ1v) is 8.92. The first-order chi connectivity index (χ1) is 12.1. The van der Waals surface area contributed by atoms with Gasteiger partial charge in [0.1, 0.15) is 5.58 Å². The number of aryl methyl sites for hydroxylation is 1. The van der Waals surface area contributed by atoms with Crippen LogP contribution in [0.3, 0.4) is 0 Å². The molecule has 0 saturated heterocycles. The van der Waals surface area contributed by atoms with Crippen molar-refractivity contribution in [2.75, 3.05) is 0 Å². The Labute approximate surface area is 148 Å². The van der Waals surface area contributed by atoms with Crippen molar-refractivity contribution in [2.24, 2.45) is 5.92 Å². The highest BCUT2D eigenvalue weighted by molar-refractivity contribution is 5.80. The quantitative estimate of drug-likeness (QED) is 0.655. The van der Waals surface area contributed by atoms with Gasteiger partial charge in [0.05, 0.1) is 0 Å². The third-order valence-electron chi connectivity index (χ3n) is 4.64. The van der Waals surface area contributed by atoms with Crippen molar-refractivity contribution in [1.29, 1.82) is 0 Å². The second-order valence-electron chi connectivity index (χ2n) is 6.79. The Morgan fingerprint density at radius 3 is 2.48 bits per heavy atom. The highest BCUT2D eigenvalue weighted by Gasteiger charge is 2.16. The second-order valence-corrected chi connectivity index (χ2v) is 6.79. The summed E-state index contributed by atoms with van der Waals surface area (Å²) in [6.07, 6.45) is 0.922. The van der Waals surface area contributed by atoms with Crippen LogP contribution in [0.4, 0.5) is 0 Å². The third-order valence-corrected chi connectivity index (χ3v) is 4.64. The number of hydrogen-bond donors (Lipinski definition) is 1. The summed E-state index contributed by atoms with van der Waals surface area (Å²) in [5.74, 6) is 0.445. The highest BCUT2D eigenvalue weighted by Crippen LogP contribution is 2.24.